The van der Waals surface area contributed by atoms with Crippen LogP contribution in [0.25, 0.3) is 6.08 Å². The minimum atomic E-state index is -0.331. The summed E-state index contributed by atoms with van der Waals surface area (Å²) in [5.41, 5.74) is 2.30. The summed E-state index contributed by atoms with van der Waals surface area (Å²) in [4.78, 5) is 13.5. The summed E-state index contributed by atoms with van der Waals surface area (Å²) in [5.74, 6) is -0.331. The molecule has 0 saturated carbocycles. The molecule has 0 aromatic heterocycles. The monoisotopic (exact) mass is 288 g/mol. The van der Waals surface area contributed by atoms with Gasteiger partial charge in [0.05, 0.1) is 7.11 Å². The van der Waals surface area contributed by atoms with Crippen molar-refractivity contribution in [2.75, 3.05) is 20.2 Å². The quantitative estimate of drug-likeness (QED) is 0.680. The lowest BCUT2D eigenvalue weighted by Gasteiger charge is -2.36. The van der Waals surface area contributed by atoms with Crippen LogP contribution in [0.15, 0.2) is 30.3 Å². The molecule has 0 radical (unpaired) electrons. The molecule has 0 bridgehead atoms. The molecule has 4 heteroatoms. The lowest BCUT2D eigenvalue weighted by atomic mass is 10.1. The van der Waals surface area contributed by atoms with Crippen molar-refractivity contribution in [1.29, 1.82) is 0 Å². The van der Waals surface area contributed by atoms with E-state index < -0.39 is 0 Å². The van der Waals surface area contributed by atoms with Crippen LogP contribution in [0.5, 0.6) is 0 Å². The average molecular weight is 288 g/mol. The van der Waals surface area contributed by atoms with Gasteiger partial charge in [-0.2, -0.15) is 0 Å². The number of nitrogens with one attached hydrogen (secondary N) is 1. The van der Waals surface area contributed by atoms with Crippen LogP contribution in [-0.2, 0) is 16.1 Å². The van der Waals surface area contributed by atoms with Gasteiger partial charge in [0, 0.05) is 37.8 Å². The fourth-order valence-corrected chi connectivity index (χ4v) is 2.79. The van der Waals surface area contributed by atoms with Gasteiger partial charge in [-0.05, 0) is 31.1 Å². The molecule has 0 aliphatic carbocycles. The molecular weight excluding hydrogens is 264 g/mol. The fraction of sp³-hybridized carbons (Fsp3) is 0.471. The Hall–Kier alpha value is -1.65. The number of piperazine rings is 1. The minimum absolute atomic E-state index is 0.331. The van der Waals surface area contributed by atoms with E-state index in [0.717, 1.165) is 25.2 Å². The predicted molar refractivity (Wildman–Crippen MR) is 84.8 cm³/mol. The highest BCUT2D eigenvalue weighted by Crippen LogP contribution is 2.12. The van der Waals surface area contributed by atoms with Gasteiger partial charge in [-0.15, -0.1) is 0 Å². The number of nitrogens with zero attached hydrogens (tertiary/aromatic N) is 1. The second-order valence-corrected chi connectivity index (χ2v) is 5.76. The number of hydrogen-bond acceptors (Lipinski definition) is 4. The highest BCUT2D eigenvalue weighted by Gasteiger charge is 2.20. The number of esters is 1. The van der Waals surface area contributed by atoms with Gasteiger partial charge in [0.2, 0.25) is 0 Å². The molecule has 1 N–H and O–H groups in total. The van der Waals surface area contributed by atoms with Crippen molar-refractivity contribution in [2.24, 2.45) is 0 Å². The van der Waals surface area contributed by atoms with Crippen LogP contribution in [0, 0.1) is 0 Å². The Morgan fingerprint density at radius 2 is 1.90 bits per heavy atom. The largest absolute Gasteiger partial charge is 0.466 e. The smallest absolute Gasteiger partial charge is 0.330 e. The van der Waals surface area contributed by atoms with E-state index in [2.05, 4.69) is 40.9 Å². The van der Waals surface area contributed by atoms with Crippen molar-refractivity contribution in [1.82, 2.24) is 10.2 Å². The molecule has 1 aliphatic rings. The van der Waals surface area contributed by atoms with E-state index in [0.29, 0.717) is 12.1 Å². The first-order chi connectivity index (χ1) is 10.1. The summed E-state index contributed by atoms with van der Waals surface area (Å²) in [5, 5.41) is 3.54. The average Bonchev–Trinajstić information content (AvgIpc) is 2.45. The molecule has 0 spiro atoms. The third-order valence-electron chi connectivity index (χ3n) is 3.63. The molecule has 1 aliphatic heterocycles. The van der Waals surface area contributed by atoms with Crippen molar-refractivity contribution in [3.05, 3.63) is 41.5 Å². The Kier molecular flexibility index (Phi) is 5.53. The molecule has 2 atom stereocenters. The lowest BCUT2D eigenvalue weighted by molar-refractivity contribution is -0.134. The van der Waals surface area contributed by atoms with Crippen LogP contribution in [-0.4, -0.2) is 43.2 Å². The molecule has 21 heavy (non-hydrogen) atoms. The van der Waals surface area contributed by atoms with Crippen LogP contribution >= 0.6 is 0 Å². The summed E-state index contributed by atoms with van der Waals surface area (Å²) in [7, 11) is 1.38. The lowest BCUT2D eigenvalue weighted by Crippen LogP contribution is -2.53. The number of ether oxygens (including phenoxy) is 1. The van der Waals surface area contributed by atoms with E-state index in [1.807, 2.05) is 12.1 Å². The predicted octanol–water partition coefficient (Wildman–Crippen LogP) is 2.05. The van der Waals surface area contributed by atoms with E-state index in [4.69, 9.17) is 0 Å². The van der Waals surface area contributed by atoms with Gasteiger partial charge in [0.15, 0.2) is 0 Å². The number of carbonyl (C=O) groups is 1. The molecule has 1 heterocycles. The van der Waals surface area contributed by atoms with Crippen molar-refractivity contribution < 1.29 is 9.53 Å². The molecule has 1 aromatic carbocycles. The SMILES string of the molecule is COC(=O)/C=C/c1ccc(CN2C[C@@H](C)N[C@@H](C)C2)cc1. The molecule has 114 valence electrons. The normalized spacial score (nSPS) is 23.4. The van der Waals surface area contributed by atoms with Crippen LogP contribution in [0.4, 0.5) is 0 Å². The maximum absolute atomic E-state index is 11.1. The van der Waals surface area contributed by atoms with Gasteiger partial charge >= 0.3 is 5.97 Å². The number of rotatable bonds is 4. The van der Waals surface area contributed by atoms with Crippen molar-refractivity contribution in [2.45, 2.75) is 32.5 Å². The van der Waals surface area contributed by atoms with E-state index in [9.17, 15) is 4.79 Å². The summed E-state index contributed by atoms with van der Waals surface area (Å²) < 4.78 is 4.58. The molecule has 0 amide bonds. The molecule has 1 saturated heterocycles. The fourth-order valence-electron chi connectivity index (χ4n) is 2.79. The number of benzene rings is 1. The first kappa shape index (κ1) is 15.7. The van der Waals surface area contributed by atoms with Gasteiger partial charge in [-0.1, -0.05) is 24.3 Å². The van der Waals surface area contributed by atoms with Crippen LogP contribution in [0.1, 0.15) is 25.0 Å². The van der Waals surface area contributed by atoms with Gasteiger partial charge in [-0.25, -0.2) is 4.79 Å². The molecular formula is C17H24N2O2. The first-order valence-electron chi connectivity index (χ1n) is 7.40. The van der Waals surface area contributed by atoms with Gasteiger partial charge < -0.3 is 10.1 Å². The second kappa shape index (κ2) is 7.38. The summed E-state index contributed by atoms with van der Waals surface area (Å²) in [6, 6.07) is 9.38. The van der Waals surface area contributed by atoms with Crippen LogP contribution in [0.2, 0.25) is 0 Å². The standard InChI is InChI=1S/C17H24N2O2/c1-13-10-19(11-14(2)18-13)12-16-6-4-15(5-7-16)8-9-17(20)21-3/h4-9,13-14,18H,10-12H2,1-3H3/b9-8+/t13-,14+. The second-order valence-electron chi connectivity index (χ2n) is 5.76. The summed E-state index contributed by atoms with van der Waals surface area (Å²) in [6.07, 6.45) is 3.21. The van der Waals surface area contributed by atoms with E-state index in [-0.39, 0.29) is 5.97 Å². The maximum atomic E-state index is 11.1. The Balaban J connectivity index is 1.93. The molecule has 1 fully saturated rings. The molecule has 2 rings (SSSR count). The van der Waals surface area contributed by atoms with Gasteiger partial charge in [0.1, 0.15) is 0 Å². The Morgan fingerprint density at radius 1 is 1.29 bits per heavy atom. The third-order valence-corrected chi connectivity index (χ3v) is 3.63. The number of methoxy groups -OCH3 is 1. The molecule has 4 nitrogen and oxygen atoms in total. The first-order valence-corrected chi connectivity index (χ1v) is 7.40. The van der Waals surface area contributed by atoms with Crippen molar-refractivity contribution in [3.63, 3.8) is 0 Å². The van der Waals surface area contributed by atoms with Crippen LogP contribution in [0.3, 0.4) is 0 Å². The highest BCUT2D eigenvalue weighted by molar-refractivity contribution is 5.86. The number of carbonyl (C=O) groups excluding carboxylic acids is 1. The maximum Gasteiger partial charge on any atom is 0.330 e. The number of hydrogen-bond donors (Lipinski definition) is 1. The van der Waals surface area contributed by atoms with Crippen LogP contribution < -0.4 is 5.32 Å². The zero-order chi connectivity index (χ0) is 15.2. The Labute approximate surface area is 126 Å². The van der Waals surface area contributed by atoms with Gasteiger partial charge in [-0.3, -0.25) is 4.90 Å². The zero-order valence-corrected chi connectivity index (χ0v) is 13.0. The third kappa shape index (κ3) is 4.99. The zero-order valence-electron chi connectivity index (χ0n) is 13.0. The summed E-state index contributed by atoms with van der Waals surface area (Å²) >= 11 is 0. The van der Waals surface area contributed by atoms with E-state index in [1.165, 1.54) is 18.7 Å². The topological polar surface area (TPSA) is 41.6 Å². The van der Waals surface area contributed by atoms with E-state index >= 15 is 0 Å². The minimum Gasteiger partial charge on any atom is -0.466 e. The van der Waals surface area contributed by atoms with E-state index in [1.54, 1.807) is 6.08 Å². The Bertz CT molecular complexity index is 486. The van der Waals surface area contributed by atoms with Crippen molar-refractivity contribution in [3.8, 4) is 0 Å². The highest BCUT2D eigenvalue weighted by atomic mass is 16.5. The molecule has 1 aromatic rings. The van der Waals surface area contributed by atoms with Crippen molar-refractivity contribution >= 4 is 12.0 Å². The molecule has 0 unspecified atom stereocenters. The Morgan fingerprint density at radius 3 is 2.48 bits per heavy atom. The summed E-state index contributed by atoms with van der Waals surface area (Å²) in [6.45, 7) is 7.58. The van der Waals surface area contributed by atoms with Gasteiger partial charge in [0.25, 0.3) is 0 Å².